The zero-order chi connectivity index (χ0) is 12.7. The fourth-order valence-corrected chi connectivity index (χ4v) is 5.75. The van der Waals surface area contributed by atoms with Crippen LogP contribution in [0.3, 0.4) is 0 Å². The molecule has 7 fully saturated rings. The van der Waals surface area contributed by atoms with Crippen molar-refractivity contribution in [2.24, 2.45) is 22.7 Å². The van der Waals surface area contributed by atoms with Gasteiger partial charge in [-0.15, -0.1) is 0 Å². The molecule has 0 radical (unpaired) electrons. The molecule has 4 saturated heterocycles. The first kappa shape index (κ1) is 10.8. The van der Waals surface area contributed by atoms with E-state index in [-0.39, 0.29) is 10.8 Å². The first-order chi connectivity index (χ1) is 8.59. The highest BCUT2D eigenvalue weighted by atomic mass is 15.3. The molecule has 6 atom stereocenters. The summed E-state index contributed by atoms with van der Waals surface area (Å²) in [4.78, 5) is 4.70. The smallest absolute Gasteiger partial charge is 0.0788 e. The molecule has 7 rings (SSSR count). The predicted molar refractivity (Wildman–Crippen MR) is 65.1 cm³/mol. The van der Waals surface area contributed by atoms with Gasteiger partial charge in [-0.2, -0.15) is 10.5 Å². The van der Waals surface area contributed by atoms with Gasteiger partial charge in [0, 0.05) is 25.2 Å². The average Bonchev–Trinajstić information content (AvgIpc) is 2.40. The molecule has 4 heteroatoms. The van der Waals surface area contributed by atoms with E-state index in [4.69, 9.17) is 0 Å². The zero-order valence-corrected chi connectivity index (χ0v) is 10.9. The van der Waals surface area contributed by atoms with Gasteiger partial charge in [-0.3, -0.25) is 0 Å². The van der Waals surface area contributed by atoms with Gasteiger partial charge in [0.15, 0.2) is 0 Å². The largest absolute Gasteiger partial charge is 0.301 e. The van der Waals surface area contributed by atoms with Crippen LogP contribution >= 0.6 is 0 Å². The van der Waals surface area contributed by atoms with E-state index in [2.05, 4.69) is 36.0 Å². The number of rotatable bonds is 0. The highest BCUT2D eigenvalue weighted by Crippen LogP contribution is 2.69. The molecule has 6 unspecified atom stereocenters. The lowest BCUT2D eigenvalue weighted by Crippen LogP contribution is -2.81. The Morgan fingerprint density at radius 2 is 1.28 bits per heavy atom. The van der Waals surface area contributed by atoms with Gasteiger partial charge in [-0.25, -0.2) is 0 Å². The Balaban J connectivity index is 1.93. The average molecular weight is 242 g/mol. The van der Waals surface area contributed by atoms with E-state index in [1.54, 1.807) is 0 Å². The van der Waals surface area contributed by atoms with Crippen molar-refractivity contribution in [1.82, 2.24) is 9.80 Å². The van der Waals surface area contributed by atoms with Crippen molar-refractivity contribution in [3.8, 4) is 12.1 Å². The third-order valence-electron chi connectivity index (χ3n) is 6.51. The monoisotopic (exact) mass is 242 g/mol. The standard InChI is InChI=1S/C14H18N4/c1-17-5-9-10-6-18(2)12-4-13(10,7-15)11(17)3-14(9,12)8-16/h9-12H,3-6H2,1-2H3. The minimum Gasteiger partial charge on any atom is -0.301 e. The van der Waals surface area contributed by atoms with Gasteiger partial charge in [-0.1, -0.05) is 0 Å². The van der Waals surface area contributed by atoms with Crippen LogP contribution in [0.2, 0.25) is 0 Å². The summed E-state index contributed by atoms with van der Waals surface area (Å²) in [5, 5.41) is 19.6. The Labute approximate surface area is 108 Å². The minimum absolute atomic E-state index is 0.173. The topological polar surface area (TPSA) is 54.1 Å². The molecular formula is C14H18N4. The predicted octanol–water partition coefficient (Wildman–Crippen LogP) is 0.674. The van der Waals surface area contributed by atoms with Gasteiger partial charge < -0.3 is 9.80 Å². The van der Waals surface area contributed by atoms with Crippen LogP contribution in [-0.2, 0) is 0 Å². The Morgan fingerprint density at radius 1 is 0.889 bits per heavy atom. The van der Waals surface area contributed by atoms with Crippen molar-refractivity contribution in [2.45, 2.75) is 24.9 Å². The molecule has 0 amide bonds. The molecule has 18 heavy (non-hydrogen) atoms. The lowest BCUT2D eigenvalue weighted by atomic mass is 9.37. The molecule has 7 aliphatic rings. The van der Waals surface area contributed by atoms with Crippen LogP contribution in [-0.4, -0.2) is 49.1 Å². The van der Waals surface area contributed by atoms with Gasteiger partial charge in [0.1, 0.15) is 0 Å². The summed E-state index contributed by atoms with van der Waals surface area (Å²) >= 11 is 0. The van der Waals surface area contributed by atoms with Crippen LogP contribution in [0.25, 0.3) is 0 Å². The summed E-state index contributed by atoms with van der Waals surface area (Å²) in [6.07, 6.45) is 1.81. The number of fused-ring (bicyclic) bond motifs is 2. The van der Waals surface area contributed by atoms with Crippen molar-refractivity contribution < 1.29 is 0 Å². The number of nitrogens with zero attached hydrogens (tertiary/aromatic N) is 4. The fourth-order valence-electron chi connectivity index (χ4n) is 5.75. The first-order valence-corrected chi connectivity index (χ1v) is 6.82. The Bertz CT molecular complexity index is 457. The van der Waals surface area contributed by atoms with Crippen LogP contribution < -0.4 is 0 Å². The molecule has 3 aliphatic carbocycles. The van der Waals surface area contributed by atoms with Crippen molar-refractivity contribution in [2.75, 3.05) is 27.2 Å². The van der Waals surface area contributed by atoms with Crippen LogP contribution in [0.4, 0.5) is 0 Å². The van der Waals surface area contributed by atoms with Gasteiger partial charge in [-0.05, 0) is 38.8 Å². The Kier molecular flexibility index (Phi) is 1.74. The van der Waals surface area contributed by atoms with E-state index < -0.39 is 0 Å². The van der Waals surface area contributed by atoms with Crippen molar-refractivity contribution in [1.29, 1.82) is 10.5 Å². The summed E-state index contributed by atoms with van der Waals surface area (Å²) in [6.45, 7) is 2.02. The number of hydrogen-bond acceptors (Lipinski definition) is 4. The molecule has 4 nitrogen and oxygen atoms in total. The number of hydrogen-bond donors (Lipinski definition) is 0. The summed E-state index contributed by atoms with van der Waals surface area (Å²) < 4.78 is 0. The quantitative estimate of drug-likeness (QED) is 0.626. The van der Waals surface area contributed by atoms with E-state index in [1.807, 2.05) is 0 Å². The fraction of sp³-hybridized carbons (Fsp3) is 0.857. The normalized spacial score (nSPS) is 57.6. The second-order valence-corrected chi connectivity index (χ2v) is 6.84. The molecule has 94 valence electrons. The van der Waals surface area contributed by atoms with Gasteiger partial charge in [0.05, 0.1) is 23.0 Å². The number of nitriles is 2. The molecule has 0 aromatic rings. The van der Waals surface area contributed by atoms with Gasteiger partial charge in [0.2, 0.25) is 0 Å². The van der Waals surface area contributed by atoms with Crippen molar-refractivity contribution in [3.05, 3.63) is 0 Å². The molecule has 4 aliphatic heterocycles. The highest BCUT2D eigenvalue weighted by molar-refractivity contribution is 5.35. The molecule has 3 saturated carbocycles. The molecular weight excluding hydrogens is 224 g/mol. The molecule has 0 aromatic heterocycles. The third-order valence-corrected chi connectivity index (χ3v) is 6.51. The zero-order valence-electron chi connectivity index (χ0n) is 10.9. The van der Waals surface area contributed by atoms with Crippen LogP contribution in [0.15, 0.2) is 0 Å². The van der Waals surface area contributed by atoms with E-state index in [1.165, 1.54) is 0 Å². The molecule has 4 heterocycles. The molecule has 0 aromatic carbocycles. The van der Waals surface area contributed by atoms with E-state index in [9.17, 15) is 10.5 Å². The van der Waals surface area contributed by atoms with E-state index in [0.717, 1.165) is 25.9 Å². The maximum atomic E-state index is 9.79. The number of piperidine rings is 4. The lowest BCUT2D eigenvalue weighted by molar-refractivity contribution is -0.248. The maximum Gasteiger partial charge on any atom is 0.0788 e. The lowest BCUT2D eigenvalue weighted by Gasteiger charge is -2.74. The summed E-state index contributed by atoms with van der Waals surface area (Å²) in [5.74, 6) is 0.819. The SMILES string of the molecule is CN1CC2C3CN(C)C4CC3(C#N)C1CC24C#N. The van der Waals surface area contributed by atoms with E-state index in [0.29, 0.717) is 23.9 Å². The first-order valence-electron chi connectivity index (χ1n) is 6.82. The Morgan fingerprint density at radius 3 is 1.61 bits per heavy atom. The van der Waals surface area contributed by atoms with Crippen LogP contribution in [0.1, 0.15) is 12.8 Å². The highest BCUT2D eigenvalue weighted by Gasteiger charge is 2.75. The summed E-state index contributed by atoms with van der Waals surface area (Å²) in [7, 11) is 4.26. The van der Waals surface area contributed by atoms with E-state index >= 15 is 0 Å². The second-order valence-electron chi connectivity index (χ2n) is 6.84. The molecule has 6 bridgehead atoms. The minimum atomic E-state index is -0.173. The van der Waals surface area contributed by atoms with Crippen molar-refractivity contribution >= 4 is 0 Å². The molecule has 0 spiro atoms. The van der Waals surface area contributed by atoms with Gasteiger partial charge >= 0.3 is 0 Å². The van der Waals surface area contributed by atoms with Crippen molar-refractivity contribution in [3.63, 3.8) is 0 Å². The molecule has 0 N–H and O–H groups in total. The summed E-state index contributed by atoms with van der Waals surface area (Å²) in [6, 6.07) is 5.98. The van der Waals surface area contributed by atoms with Crippen LogP contribution in [0, 0.1) is 45.3 Å². The second kappa shape index (κ2) is 2.90. The maximum absolute atomic E-state index is 9.79. The summed E-state index contributed by atoms with van der Waals surface area (Å²) in [5.41, 5.74) is -0.346. The Hall–Kier alpha value is -1.10. The van der Waals surface area contributed by atoms with Crippen LogP contribution in [0.5, 0.6) is 0 Å². The van der Waals surface area contributed by atoms with Gasteiger partial charge in [0.25, 0.3) is 0 Å². The third kappa shape index (κ3) is 0.830.